The van der Waals surface area contributed by atoms with Crippen LogP contribution in [-0.4, -0.2) is 24.8 Å². The van der Waals surface area contributed by atoms with Crippen molar-refractivity contribution in [3.8, 4) is 23.3 Å². The molecule has 3 aromatic rings. The minimum Gasteiger partial charge on any atom is -0.494 e. The second-order valence-corrected chi connectivity index (χ2v) is 8.94. The van der Waals surface area contributed by atoms with Gasteiger partial charge in [-0.1, -0.05) is 29.8 Å². The van der Waals surface area contributed by atoms with Crippen LogP contribution in [0.4, 0.5) is 5.69 Å². The molecule has 0 aromatic heterocycles. The summed E-state index contributed by atoms with van der Waals surface area (Å²) in [5.74, 6) is 1.27. The molecular formula is C27H22ClN3O4S. The van der Waals surface area contributed by atoms with Crippen molar-refractivity contribution in [2.75, 3.05) is 13.7 Å². The lowest BCUT2D eigenvalue weighted by Crippen LogP contribution is -2.19. The smallest absolute Gasteiger partial charge is 0.264 e. The predicted octanol–water partition coefficient (Wildman–Crippen LogP) is 6.09. The summed E-state index contributed by atoms with van der Waals surface area (Å²) in [7, 11) is 1.51. The predicted molar refractivity (Wildman–Crippen MR) is 142 cm³/mol. The Morgan fingerprint density at radius 3 is 2.64 bits per heavy atom. The summed E-state index contributed by atoms with van der Waals surface area (Å²) in [6, 6.07) is 20.1. The minimum atomic E-state index is -0.256. The van der Waals surface area contributed by atoms with Crippen molar-refractivity contribution < 1.29 is 19.0 Å². The summed E-state index contributed by atoms with van der Waals surface area (Å²) in [5, 5.41) is 12.9. The van der Waals surface area contributed by atoms with Crippen LogP contribution in [0.1, 0.15) is 23.6 Å². The molecule has 1 N–H and O–H groups in total. The first-order valence-electron chi connectivity index (χ1n) is 11.0. The highest BCUT2D eigenvalue weighted by Crippen LogP contribution is 2.38. The molecule has 1 saturated heterocycles. The van der Waals surface area contributed by atoms with E-state index in [1.54, 1.807) is 30.3 Å². The van der Waals surface area contributed by atoms with Crippen molar-refractivity contribution in [1.82, 2.24) is 5.32 Å². The van der Waals surface area contributed by atoms with Crippen LogP contribution in [-0.2, 0) is 11.4 Å². The molecule has 1 fully saturated rings. The number of rotatable bonds is 8. The number of nitriles is 1. The van der Waals surface area contributed by atoms with Crippen molar-refractivity contribution >= 4 is 46.2 Å². The van der Waals surface area contributed by atoms with Gasteiger partial charge in [-0.15, -0.1) is 0 Å². The Bertz CT molecular complexity index is 1380. The number of hydrogen-bond acceptors (Lipinski definition) is 7. The molecule has 182 valence electrons. The number of nitrogens with one attached hydrogen (secondary N) is 1. The highest BCUT2D eigenvalue weighted by molar-refractivity contribution is 8.18. The van der Waals surface area contributed by atoms with Gasteiger partial charge in [-0.3, -0.25) is 4.79 Å². The Balaban J connectivity index is 1.51. The van der Waals surface area contributed by atoms with Gasteiger partial charge in [0.1, 0.15) is 12.4 Å². The second-order valence-electron chi connectivity index (χ2n) is 7.50. The molecule has 3 aromatic carbocycles. The first-order chi connectivity index (χ1) is 17.5. The molecule has 0 radical (unpaired) electrons. The largest absolute Gasteiger partial charge is 0.494 e. The van der Waals surface area contributed by atoms with Gasteiger partial charge >= 0.3 is 0 Å². The van der Waals surface area contributed by atoms with Gasteiger partial charge in [-0.05, 0) is 72.8 Å². The van der Waals surface area contributed by atoms with Crippen LogP contribution in [0.25, 0.3) is 6.08 Å². The van der Waals surface area contributed by atoms with Crippen molar-refractivity contribution in [3.63, 3.8) is 0 Å². The number of halogens is 1. The third kappa shape index (κ3) is 6.00. The zero-order valence-electron chi connectivity index (χ0n) is 19.6. The third-order valence-corrected chi connectivity index (χ3v) is 6.28. The number of ether oxygens (including phenoxy) is 3. The standard InChI is InChI=1S/C27H22ClN3O4S/c1-3-34-21-10-8-20(9-11-21)30-27-31-26(32)24(36-27)14-17-12-22(28)25(23(13-17)33-2)35-16-19-7-5-4-6-18(19)15-29/h4-14H,3,16H2,1-2H3,(H,30,31,32)/b24-14+. The monoisotopic (exact) mass is 519 g/mol. The molecule has 1 heterocycles. The molecule has 0 saturated carbocycles. The van der Waals surface area contributed by atoms with E-state index < -0.39 is 0 Å². The maximum atomic E-state index is 12.5. The van der Waals surface area contributed by atoms with Crippen LogP contribution in [0.5, 0.6) is 17.2 Å². The van der Waals surface area contributed by atoms with Crippen LogP contribution >= 0.6 is 23.4 Å². The van der Waals surface area contributed by atoms with E-state index in [1.165, 1.54) is 18.9 Å². The number of aliphatic imine (C=N–C) groups is 1. The molecule has 0 aliphatic carbocycles. The lowest BCUT2D eigenvalue weighted by atomic mass is 10.1. The highest BCUT2D eigenvalue weighted by atomic mass is 35.5. The zero-order chi connectivity index (χ0) is 25.5. The molecule has 1 aliphatic rings. The van der Waals surface area contributed by atoms with Crippen LogP contribution < -0.4 is 19.5 Å². The molecule has 36 heavy (non-hydrogen) atoms. The number of nitrogens with zero attached hydrogens (tertiary/aromatic N) is 2. The van der Waals surface area contributed by atoms with E-state index in [0.717, 1.165) is 11.3 Å². The Morgan fingerprint density at radius 2 is 1.92 bits per heavy atom. The average molecular weight is 520 g/mol. The summed E-state index contributed by atoms with van der Waals surface area (Å²) in [5.41, 5.74) is 2.64. The number of benzene rings is 3. The molecule has 0 unspecified atom stereocenters. The Morgan fingerprint density at radius 1 is 1.14 bits per heavy atom. The highest BCUT2D eigenvalue weighted by Gasteiger charge is 2.24. The summed E-state index contributed by atoms with van der Waals surface area (Å²) in [6.07, 6.45) is 1.71. The lowest BCUT2D eigenvalue weighted by Gasteiger charge is -2.14. The van der Waals surface area contributed by atoms with Crippen LogP contribution in [0, 0.1) is 11.3 Å². The first-order valence-corrected chi connectivity index (χ1v) is 12.2. The van der Waals surface area contributed by atoms with Crippen LogP contribution in [0.15, 0.2) is 70.6 Å². The number of carbonyl (C=O) groups excluding carboxylic acids is 1. The van der Waals surface area contributed by atoms with E-state index in [0.29, 0.717) is 50.0 Å². The third-order valence-electron chi connectivity index (χ3n) is 5.09. The van der Waals surface area contributed by atoms with Gasteiger partial charge in [0.2, 0.25) is 0 Å². The second kappa shape index (κ2) is 11.7. The van der Waals surface area contributed by atoms with E-state index in [4.69, 9.17) is 25.8 Å². The fourth-order valence-electron chi connectivity index (χ4n) is 3.40. The van der Waals surface area contributed by atoms with Gasteiger partial charge in [0, 0.05) is 5.56 Å². The first kappa shape index (κ1) is 25.2. The lowest BCUT2D eigenvalue weighted by molar-refractivity contribution is -0.115. The molecule has 0 atom stereocenters. The number of methoxy groups -OCH3 is 1. The summed E-state index contributed by atoms with van der Waals surface area (Å²) in [4.78, 5) is 17.5. The maximum Gasteiger partial charge on any atom is 0.264 e. The molecule has 9 heteroatoms. The summed E-state index contributed by atoms with van der Waals surface area (Å²) >= 11 is 7.74. The van der Waals surface area contributed by atoms with Gasteiger partial charge in [-0.2, -0.15) is 5.26 Å². The summed E-state index contributed by atoms with van der Waals surface area (Å²) < 4.78 is 16.8. The van der Waals surface area contributed by atoms with E-state index in [2.05, 4.69) is 16.4 Å². The van der Waals surface area contributed by atoms with Crippen molar-refractivity contribution in [2.45, 2.75) is 13.5 Å². The Kier molecular flexibility index (Phi) is 8.16. The minimum absolute atomic E-state index is 0.157. The number of amides is 1. The van der Waals surface area contributed by atoms with Crippen molar-refractivity contribution in [2.24, 2.45) is 4.99 Å². The summed E-state index contributed by atoms with van der Waals surface area (Å²) in [6.45, 7) is 2.67. The molecular weight excluding hydrogens is 498 g/mol. The number of amidine groups is 1. The zero-order valence-corrected chi connectivity index (χ0v) is 21.2. The molecule has 4 rings (SSSR count). The molecule has 0 spiro atoms. The van der Waals surface area contributed by atoms with Crippen LogP contribution in [0.3, 0.4) is 0 Å². The van der Waals surface area contributed by atoms with E-state index in [-0.39, 0.29) is 12.5 Å². The molecule has 1 aliphatic heterocycles. The fourth-order valence-corrected chi connectivity index (χ4v) is 4.52. The molecule has 0 bridgehead atoms. The van der Waals surface area contributed by atoms with Gasteiger partial charge < -0.3 is 19.5 Å². The Hall–Kier alpha value is -3.93. The van der Waals surface area contributed by atoms with E-state index in [9.17, 15) is 10.1 Å². The number of thioether (sulfide) groups is 1. The van der Waals surface area contributed by atoms with Gasteiger partial charge in [0.15, 0.2) is 16.7 Å². The van der Waals surface area contributed by atoms with Crippen molar-refractivity contribution in [3.05, 3.63) is 87.3 Å². The maximum absolute atomic E-state index is 12.5. The van der Waals surface area contributed by atoms with E-state index >= 15 is 0 Å². The van der Waals surface area contributed by atoms with Gasteiger partial charge in [0.05, 0.1) is 41.0 Å². The quantitative estimate of drug-likeness (QED) is 0.362. The van der Waals surface area contributed by atoms with Gasteiger partial charge in [0.25, 0.3) is 5.91 Å². The van der Waals surface area contributed by atoms with Crippen molar-refractivity contribution in [1.29, 1.82) is 5.26 Å². The number of carbonyl (C=O) groups is 1. The van der Waals surface area contributed by atoms with Gasteiger partial charge in [-0.25, -0.2) is 4.99 Å². The molecule has 1 amide bonds. The normalized spacial score (nSPS) is 15.0. The SMILES string of the molecule is CCOc1ccc(N=C2NC(=O)/C(=C\c3cc(Cl)c(OCc4ccccc4C#N)c(OC)c3)S2)cc1. The topological polar surface area (TPSA) is 92.9 Å². The fraction of sp³-hybridized carbons (Fsp3) is 0.148. The Labute approximate surface area is 218 Å². The van der Waals surface area contributed by atoms with Crippen LogP contribution in [0.2, 0.25) is 5.02 Å². The average Bonchev–Trinajstić information content (AvgIpc) is 3.22. The number of hydrogen-bond donors (Lipinski definition) is 1. The van der Waals surface area contributed by atoms with E-state index in [1.807, 2.05) is 43.3 Å². The molecule has 7 nitrogen and oxygen atoms in total.